The Morgan fingerprint density at radius 2 is 0.976 bits per heavy atom. The number of fused-ring (bicyclic) bond motifs is 2. The molecule has 0 radical (unpaired) electrons. The average Bonchev–Trinajstić information content (AvgIpc) is 3.01. The molecule has 0 saturated carbocycles. The molecular weight excluding hydrogens is 516 g/mol. The first-order valence-electron chi connectivity index (χ1n) is 15.4. The lowest BCUT2D eigenvalue weighted by atomic mass is 9.90. The summed E-state index contributed by atoms with van der Waals surface area (Å²) in [4.78, 5) is 18.2. The van der Waals surface area contributed by atoms with Gasteiger partial charge in [0.05, 0.1) is 12.1 Å². The van der Waals surface area contributed by atoms with E-state index >= 15 is 0 Å². The molecular formula is C37H42N4O. The summed E-state index contributed by atoms with van der Waals surface area (Å²) >= 11 is 0. The highest BCUT2D eigenvalue weighted by molar-refractivity contribution is 5.80. The van der Waals surface area contributed by atoms with Crippen LogP contribution in [-0.4, -0.2) is 31.0 Å². The van der Waals surface area contributed by atoms with Crippen molar-refractivity contribution in [3.63, 3.8) is 0 Å². The summed E-state index contributed by atoms with van der Waals surface area (Å²) in [5.41, 5.74) is 7.39. The normalized spacial score (nSPS) is 21.3. The lowest BCUT2D eigenvalue weighted by Crippen LogP contribution is -2.42. The van der Waals surface area contributed by atoms with Gasteiger partial charge in [-0.3, -0.25) is 4.79 Å². The van der Waals surface area contributed by atoms with Crippen molar-refractivity contribution in [2.75, 3.05) is 33.5 Å². The van der Waals surface area contributed by atoms with Crippen LogP contribution in [0.2, 0.25) is 0 Å². The van der Waals surface area contributed by atoms with Gasteiger partial charge in [-0.1, -0.05) is 72.8 Å². The number of nitrogens with one attached hydrogen (secondary N) is 2. The van der Waals surface area contributed by atoms with Crippen LogP contribution < -0.4 is 20.4 Å². The topological polar surface area (TPSA) is 47.6 Å². The second-order valence-corrected chi connectivity index (χ2v) is 11.8. The monoisotopic (exact) mass is 558 g/mol. The molecule has 5 heteroatoms. The number of Topliss-reactive ketones (excluding diaryl/α,β-unsaturated/α-hetero) is 1. The quantitative estimate of drug-likeness (QED) is 0.205. The minimum atomic E-state index is 0.256. The van der Waals surface area contributed by atoms with E-state index in [9.17, 15) is 4.79 Å². The zero-order valence-electron chi connectivity index (χ0n) is 24.7. The van der Waals surface area contributed by atoms with Crippen molar-refractivity contribution in [3.8, 4) is 0 Å². The Bertz CT molecular complexity index is 1360. The number of nitrogens with zero attached hydrogens (tertiary/aromatic N) is 2. The van der Waals surface area contributed by atoms with Gasteiger partial charge < -0.3 is 20.4 Å². The van der Waals surface area contributed by atoms with Gasteiger partial charge >= 0.3 is 0 Å². The Morgan fingerprint density at radius 3 is 1.40 bits per heavy atom. The van der Waals surface area contributed by atoms with E-state index in [1.54, 1.807) is 0 Å². The number of carbonyl (C=O) groups excluding carboxylic acids is 1. The third-order valence-electron chi connectivity index (χ3n) is 8.95. The summed E-state index contributed by atoms with van der Waals surface area (Å²) in [5, 5.41) is 7.47. The number of hydrogen-bond donors (Lipinski definition) is 2. The van der Waals surface area contributed by atoms with Gasteiger partial charge in [-0.25, -0.2) is 0 Å². The Balaban J connectivity index is 1.08. The molecule has 0 fully saturated rings. The molecule has 2 heterocycles. The van der Waals surface area contributed by atoms with Crippen LogP contribution in [0.25, 0.3) is 0 Å². The third kappa shape index (κ3) is 6.15. The van der Waals surface area contributed by atoms with Gasteiger partial charge in [0.25, 0.3) is 0 Å². The lowest BCUT2D eigenvalue weighted by Gasteiger charge is -2.42. The molecule has 42 heavy (non-hydrogen) atoms. The van der Waals surface area contributed by atoms with E-state index in [4.69, 9.17) is 0 Å². The predicted octanol–water partition coefficient (Wildman–Crippen LogP) is 8.24. The molecule has 0 saturated heterocycles. The zero-order valence-corrected chi connectivity index (χ0v) is 24.7. The largest absolute Gasteiger partial charge is 0.378 e. The maximum absolute atomic E-state index is 13.3. The van der Waals surface area contributed by atoms with Crippen molar-refractivity contribution >= 4 is 28.5 Å². The summed E-state index contributed by atoms with van der Waals surface area (Å²) < 4.78 is 0. The van der Waals surface area contributed by atoms with Gasteiger partial charge in [0.15, 0.2) is 0 Å². The minimum absolute atomic E-state index is 0.256. The number of carbonyl (C=O) groups is 1. The van der Waals surface area contributed by atoms with Crippen molar-refractivity contribution in [1.29, 1.82) is 0 Å². The van der Waals surface area contributed by atoms with Crippen molar-refractivity contribution < 1.29 is 4.79 Å². The molecule has 2 aliphatic rings. The Morgan fingerprint density at radius 1 is 0.595 bits per heavy atom. The first-order chi connectivity index (χ1) is 20.6. The van der Waals surface area contributed by atoms with Gasteiger partial charge in [0.1, 0.15) is 5.78 Å². The van der Waals surface area contributed by atoms with Gasteiger partial charge in [0.2, 0.25) is 0 Å². The minimum Gasteiger partial charge on any atom is -0.378 e. The molecule has 0 spiro atoms. The van der Waals surface area contributed by atoms with E-state index in [2.05, 4.69) is 131 Å². The molecule has 0 aliphatic carbocycles. The van der Waals surface area contributed by atoms with Gasteiger partial charge in [-0.2, -0.15) is 0 Å². The highest BCUT2D eigenvalue weighted by atomic mass is 16.1. The number of benzene rings is 4. The predicted molar refractivity (Wildman–Crippen MR) is 176 cm³/mol. The molecule has 6 rings (SSSR count). The third-order valence-corrected chi connectivity index (χ3v) is 8.95. The number of anilines is 4. The van der Waals surface area contributed by atoms with E-state index < -0.39 is 0 Å². The fourth-order valence-electron chi connectivity index (χ4n) is 6.79. The van der Waals surface area contributed by atoms with Crippen LogP contribution in [0.15, 0.2) is 109 Å². The molecule has 4 unspecified atom stereocenters. The maximum atomic E-state index is 13.3. The fraction of sp³-hybridized carbons (Fsp3) is 0.324. The van der Waals surface area contributed by atoms with Crippen molar-refractivity contribution in [1.82, 2.24) is 0 Å². The van der Waals surface area contributed by atoms with E-state index in [0.29, 0.717) is 30.7 Å². The maximum Gasteiger partial charge on any atom is 0.136 e. The molecule has 2 N–H and O–H groups in total. The van der Waals surface area contributed by atoms with Crippen molar-refractivity contribution in [2.45, 2.75) is 63.7 Å². The highest BCUT2D eigenvalue weighted by Gasteiger charge is 2.32. The van der Waals surface area contributed by atoms with Crippen LogP contribution >= 0.6 is 0 Å². The van der Waals surface area contributed by atoms with Crippen LogP contribution in [0.4, 0.5) is 22.7 Å². The van der Waals surface area contributed by atoms with Crippen LogP contribution in [0.5, 0.6) is 0 Å². The van der Waals surface area contributed by atoms with Gasteiger partial charge in [-0.05, 0) is 74.2 Å². The van der Waals surface area contributed by atoms with Gasteiger partial charge in [-0.15, -0.1) is 0 Å². The average molecular weight is 559 g/mol. The van der Waals surface area contributed by atoms with E-state index in [1.807, 2.05) is 12.1 Å². The van der Waals surface area contributed by atoms with Gasteiger partial charge in [0, 0.05) is 60.8 Å². The van der Waals surface area contributed by atoms with Crippen molar-refractivity contribution in [3.05, 3.63) is 120 Å². The fourth-order valence-corrected chi connectivity index (χ4v) is 6.79. The summed E-state index contributed by atoms with van der Waals surface area (Å²) in [6, 6.07) is 39.4. The number of ketones is 1. The number of para-hydroxylation sites is 4. The molecule has 4 atom stereocenters. The van der Waals surface area contributed by atoms with Crippen LogP contribution in [0, 0.1) is 0 Å². The smallest absolute Gasteiger partial charge is 0.136 e. The zero-order chi connectivity index (χ0) is 28.9. The summed E-state index contributed by atoms with van der Waals surface area (Å²) in [7, 11) is 0. The molecule has 216 valence electrons. The van der Waals surface area contributed by atoms with Crippen LogP contribution in [-0.2, 0) is 4.79 Å². The Labute approximate surface area is 250 Å². The Hall–Kier alpha value is -4.25. The van der Waals surface area contributed by atoms with E-state index in [1.165, 1.54) is 22.5 Å². The van der Waals surface area contributed by atoms with E-state index in [-0.39, 0.29) is 12.1 Å². The molecule has 0 bridgehead atoms. The van der Waals surface area contributed by atoms with Crippen LogP contribution in [0.3, 0.4) is 0 Å². The summed E-state index contributed by atoms with van der Waals surface area (Å²) in [5.74, 6) is 0.332. The Kier molecular flexibility index (Phi) is 8.45. The second kappa shape index (κ2) is 12.7. The van der Waals surface area contributed by atoms with Crippen molar-refractivity contribution in [2.24, 2.45) is 0 Å². The molecule has 0 amide bonds. The first-order valence-corrected chi connectivity index (χ1v) is 15.4. The van der Waals surface area contributed by atoms with E-state index in [0.717, 1.165) is 37.3 Å². The first kappa shape index (κ1) is 27.9. The molecule has 4 aromatic carbocycles. The number of hydrogen-bond acceptors (Lipinski definition) is 5. The SMILES string of the molecule is CC1CC(Nc2ccccc2)c2ccccc2N1CCC(=O)CCN1c2ccccc2C(Nc2ccccc2)CC1C. The molecule has 4 aromatic rings. The number of rotatable bonds is 10. The molecule has 2 aliphatic heterocycles. The highest BCUT2D eigenvalue weighted by Crippen LogP contribution is 2.40. The summed E-state index contributed by atoms with van der Waals surface area (Å²) in [6.45, 7) is 6.08. The molecule has 0 aromatic heterocycles. The lowest BCUT2D eigenvalue weighted by molar-refractivity contribution is -0.118. The second-order valence-electron chi connectivity index (χ2n) is 11.8. The van der Waals surface area contributed by atoms with Crippen LogP contribution in [0.1, 0.15) is 62.7 Å². The standard InChI is InChI=1S/C37H42N4O/c1-27-25-34(38-29-13-5-3-6-14-29)32-17-9-11-19-36(32)40(27)23-21-31(42)22-24-41-28(2)26-35(33-18-10-12-20-37(33)41)39-30-15-7-4-8-16-30/h3-20,27-28,34-35,38-39H,21-26H2,1-2H3. The molecule has 5 nitrogen and oxygen atoms in total. The summed E-state index contributed by atoms with van der Waals surface area (Å²) in [6.07, 6.45) is 3.13.